The Hall–Kier alpha value is -2.47. The summed E-state index contributed by atoms with van der Waals surface area (Å²) in [7, 11) is 3.20. The Labute approximate surface area is 178 Å². The zero-order chi connectivity index (χ0) is 21.4. The normalized spacial score (nSPS) is 11.1. The lowest BCUT2D eigenvalue weighted by atomic mass is 10.1. The third-order valence-electron chi connectivity index (χ3n) is 4.74. The van der Waals surface area contributed by atoms with Gasteiger partial charge < -0.3 is 14.4 Å². The number of nitrogens with zero attached hydrogens (tertiary/aromatic N) is 3. The monoisotopic (exact) mass is 419 g/mol. The Bertz CT molecular complexity index is 861. The molecule has 1 heterocycles. The van der Waals surface area contributed by atoms with E-state index in [1.165, 1.54) is 0 Å². The molecule has 0 radical (unpaired) electrons. The first-order valence-corrected chi connectivity index (χ1v) is 10.2. The number of halogens is 1. The minimum Gasteiger partial charge on any atom is -0.493 e. The van der Waals surface area contributed by atoms with E-state index in [4.69, 9.17) is 21.1 Å². The van der Waals surface area contributed by atoms with Crippen LogP contribution in [0, 0.1) is 6.92 Å². The summed E-state index contributed by atoms with van der Waals surface area (Å²) in [5.74, 6) is 1.22. The number of aryl methyl sites for hydroxylation is 2. The first kappa shape index (κ1) is 22.8. The molecule has 7 heteroatoms. The van der Waals surface area contributed by atoms with E-state index in [1.807, 2.05) is 32.0 Å². The van der Waals surface area contributed by atoms with Crippen molar-refractivity contribution < 1.29 is 14.3 Å². The number of aromatic nitrogens is 2. The van der Waals surface area contributed by atoms with E-state index in [2.05, 4.69) is 12.0 Å². The number of hydrogen-bond acceptors (Lipinski definition) is 4. The standard InChI is InChI=1S/C22H30ClN3O3/c1-6-8-13-26-22(23)18(16(3)24-26)10-12-21(27)25(7-2)15-17-9-11-19(28-4)20(14-17)29-5/h9-12,14H,6-8,13,15H2,1-5H3. The molecule has 0 N–H and O–H groups in total. The fourth-order valence-electron chi connectivity index (χ4n) is 3.02. The Morgan fingerprint density at radius 2 is 1.97 bits per heavy atom. The molecule has 0 bridgehead atoms. The van der Waals surface area contributed by atoms with Gasteiger partial charge in [0.1, 0.15) is 5.15 Å². The average Bonchev–Trinajstić information content (AvgIpc) is 3.00. The summed E-state index contributed by atoms with van der Waals surface area (Å²) in [6, 6.07) is 5.66. The number of methoxy groups -OCH3 is 2. The van der Waals surface area contributed by atoms with Gasteiger partial charge in [-0.1, -0.05) is 31.0 Å². The lowest BCUT2D eigenvalue weighted by Gasteiger charge is -2.20. The van der Waals surface area contributed by atoms with Gasteiger partial charge in [-0.3, -0.25) is 9.48 Å². The molecule has 1 aromatic carbocycles. The average molecular weight is 420 g/mol. The van der Waals surface area contributed by atoms with Gasteiger partial charge in [-0.25, -0.2) is 0 Å². The molecule has 158 valence electrons. The molecule has 2 aromatic rings. The van der Waals surface area contributed by atoms with E-state index >= 15 is 0 Å². The van der Waals surface area contributed by atoms with Gasteiger partial charge in [-0.15, -0.1) is 0 Å². The van der Waals surface area contributed by atoms with Crippen LogP contribution in [-0.4, -0.2) is 41.4 Å². The summed E-state index contributed by atoms with van der Waals surface area (Å²) in [5, 5.41) is 5.05. The van der Waals surface area contributed by atoms with Crippen molar-refractivity contribution >= 4 is 23.6 Å². The number of benzene rings is 1. The Morgan fingerprint density at radius 1 is 1.24 bits per heavy atom. The van der Waals surface area contributed by atoms with Crippen LogP contribution in [0.3, 0.4) is 0 Å². The van der Waals surface area contributed by atoms with Crippen LogP contribution in [0.5, 0.6) is 11.5 Å². The number of carbonyl (C=O) groups is 1. The van der Waals surface area contributed by atoms with Gasteiger partial charge in [-0.2, -0.15) is 5.10 Å². The molecule has 0 unspecified atom stereocenters. The molecule has 0 saturated heterocycles. The van der Waals surface area contributed by atoms with Crippen molar-refractivity contribution in [2.24, 2.45) is 0 Å². The molecular weight excluding hydrogens is 390 g/mol. The highest BCUT2D eigenvalue weighted by atomic mass is 35.5. The molecule has 0 aliphatic heterocycles. The molecule has 6 nitrogen and oxygen atoms in total. The highest BCUT2D eigenvalue weighted by Gasteiger charge is 2.14. The van der Waals surface area contributed by atoms with Gasteiger partial charge in [-0.05, 0) is 44.0 Å². The molecule has 0 saturated carbocycles. The first-order chi connectivity index (χ1) is 13.9. The minimum atomic E-state index is -0.0842. The van der Waals surface area contributed by atoms with Crippen LogP contribution in [0.2, 0.25) is 5.15 Å². The second-order valence-corrected chi connectivity index (χ2v) is 7.10. The minimum absolute atomic E-state index is 0.0842. The van der Waals surface area contributed by atoms with Gasteiger partial charge >= 0.3 is 0 Å². The molecule has 0 spiro atoms. The van der Waals surface area contributed by atoms with E-state index in [1.54, 1.807) is 36.0 Å². The Morgan fingerprint density at radius 3 is 2.59 bits per heavy atom. The Kier molecular flexibility index (Phi) is 8.58. The number of amides is 1. The predicted octanol–water partition coefficient (Wildman–Crippen LogP) is 4.72. The molecular formula is C22H30ClN3O3. The van der Waals surface area contributed by atoms with E-state index in [9.17, 15) is 4.79 Å². The van der Waals surface area contributed by atoms with Crippen molar-refractivity contribution in [2.45, 2.75) is 46.7 Å². The zero-order valence-corrected chi connectivity index (χ0v) is 18.6. The van der Waals surface area contributed by atoms with Gasteiger partial charge in [0.25, 0.3) is 0 Å². The molecule has 0 aliphatic rings. The van der Waals surface area contributed by atoms with E-state index in [-0.39, 0.29) is 5.91 Å². The fourth-order valence-corrected chi connectivity index (χ4v) is 3.34. The SMILES string of the molecule is CCCCn1nc(C)c(C=CC(=O)N(CC)Cc2ccc(OC)c(OC)c2)c1Cl. The molecule has 1 amide bonds. The number of unbranched alkanes of at least 4 members (excludes halogenated alkanes) is 1. The summed E-state index contributed by atoms with van der Waals surface area (Å²) >= 11 is 6.45. The van der Waals surface area contributed by atoms with Crippen molar-refractivity contribution in [3.63, 3.8) is 0 Å². The highest BCUT2D eigenvalue weighted by Crippen LogP contribution is 2.28. The topological polar surface area (TPSA) is 56.6 Å². The zero-order valence-electron chi connectivity index (χ0n) is 17.9. The van der Waals surface area contributed by atoms with Crippen molar-refractivity contribution in [3.05, 3.63) is 46.2 Å². The van der Waals surface area contributed by atoms with E-state index in [0.29, 0.717) is 29.7 Å². The maximum absolute atomic E-state index is 12.7. The summed E-state index contributed by atoms with van der Waals surface area (Å²) < 4.78 is 12.4. The van der Waals surface area contributed by atoms with Crippen LogP contribution in [-0.2, 0) is 17.9 Å². The maximum Gasteiger partial charge on any atom is 0.246 e. The van der Waals surface area contributed by atoms with Gasteiger partial charge in [0.05, 0.1) is 19.9 Å². The van der Waals surface area contributed by atoms with Crippen LogP contribution in [0.4, 0.5) is 0 Å². The number of carbonyl (C=O) groups excluding carboxylic acids is 1. The lowest BCUT2D eigenvalue weighted by molar-refractivity contribution is -0.126. The summed E-state index contributed by atoms with van der Waals surface area (Å²) in [4.78, 5) is 14.5. The molecule has 2 rings (SSSR count). The van der Waals surface area contributed by atoms with Gasteiger partial charge in [0.2, 0.25) is 5.91 Å². The van der Waals surface area contributed by atoms with Crippen molar-refractivity contribution in [3.8, 4) is 11.5 Å². The summed E-state index contributed by atoms with van der Waals surface area (Å²) in [5.41, 5.74) is 2.57. The van der Waals surface area contributed by atoms with Crippen LogP contribution in [0.15, 0.2) is 24.3 Å². The van der Waals surface area contributed by atoms with Crippen molar-refractivity contribution in [1.82, 2.24) is 14.7 Å². The molecule has 0 atom stereocenters. The number of rotatable bonds is 10. The Balaban J connectivity index is 2.13. The predicted molar refractivity (Wildman–Crippen MR) is 117 cm³/mol. The molecule has 1 aromatic heterocycles. The van der Waals surface area contributed by atoms with Crippen LogP contribution in [0.1, 0.15) is 43.5 Å². The second-order valence-electron chi connectivity index (χ2n) is 6.74. The van der Waals surface area contributed by atoms with Gasteiger partial charge in [0, 0.05) is 31.3 Å². The smallest absolute Gasteiger partial charge is 0.246 e. The largest absolute Gasteiger partial charge is 0.493 e. The quantitative estimate of drug-likeness (QED) is 0.522. The third kappa shape index (κ3) is 5.76. The molecule has 0 aliphatic carbocycles. The summed E-state index contributed by atoms with van der Waals surface area (Å²) in [6.07, 6.45) is 5.40. The van der Waals surface area contributed by atoms with E-state index in [0.717, 1.165) is 36.2 Å². The summed E-state index contributed by atoms with van der Waals surface area (Å²) in [6.45, 7) is 7.82. The van der Waals surface area contributed by atoms with Crippen molar-refractivity contribution in [2.75, 3.05) is 20.8 Å². The molecule has 0 fully saturated rings. The fraction of sp³-hybridized carbons (Fsp3) is 0.455. The lowest BCUT2D eigenvalue weighted by Crippen LogP contribution is -2.28. The van der Waals surface area contributed by atoms with Crippen LogP contribution < -0.4 is 9.47 Å². The number of hydrogen-bond donors (Lipinski definition) is 0. The molecule has 29 heavy (non-hydrogen) atoms. The number of ether oxygens (including phenoxy) is 2. The van der Waals surface area contributed by atoms with Crippen LogP contribution >= 0.6 is 11.6 Å². The van der Waals surface area contributed by atoms with E-state index < -0.39 is 0 Å². The van der Waals surface area contributed by atoms with Gasteiger partial charge in [0.15, 0.2) is 11.5 Å². The maximum atomic E-state index is 12.7. The first-order valence-electron chi connectivity index (χ1n) is 9.85. The third-order valence-corrected chi connectivity index (χ3v) is 5.14. The highest BCUT2D eigenvalue weighted by molar-refractivity contribution is 6.31. The number of likely N-dealkylation sites (N-methyl/N-ethyl adjacent to an activating group) is 1. The van der Waals surface area contributed by atoms with Crippen molar-refractivity contribution in [1.29, 1.82) is 0 Å². The second kappa shape index (κ2) is 10.9. The van der Waals surface area contributed by atoms with Crippen LogP contribution in [0.25, 0.3) is 6.08 Å².